The maximum atomic E-state index is 10.1. The summed E-state index contributed by atoms with van der Waals surface area (Å²) in [5.74, 6) is 0.780. The summed E-state index contributed by atoms with van der Waals surface area (Å²) < 4.78 is 5.96. The van der Waals surface area contributed by atoms with Crippen molar-refractivity contribution in [3.05, 3.63) is 53.1 Å². The zero-order chi connectivity index (χ0) is 20.7. The molecule has 0 saturated carbocycles. The minimum Gasteiger partial charge on any atom is -0.504 e. The van der Waals surface area contributed by atoms with E-state index in [0.29, 0.717) is 6.61 Å². The van der Waals surface area contributed by atoms with Crippen LogP contribution in [0.25, 0.3) is 0 Å². The van der Waals surface area contributed by atoms with Gasteiger partial charge in [0.25, 0.3) is 0 Å². The Morgan fingerprint density at radius 3 is 2.04 bits per heavy atom. The van der Waals surface area contributed by atoms with Crippen molar-refractivity contribution in [3.8, 4) is 17.2 Å². The minimum absolute atomic E-state index is 0.0607. The molecule has 2 aromatic carbocycles. The Balaban J connectivity index is 2.45. The van der Waals surface area contributed by atoms with Crippen LogP contribution in [0.4, 0.5) is 0 Å². The fraction of sp³-hybridized carbons (Fsp3) is 0.500. The zero-order valence-electron chi connectivity index (χ0n) is 18.0. The molecule has 0 aliphatic carbocycles. The van der Waals surface area contributed by atoms with Crippen LogP contribution in [0.2, 0.25) is 0 Å². The highest BCUT2D eigenvalue weighted by Gasteiger charge is 2.33. The number of phenols is 2. The van der Waals surface area contributed by atoms with Gasteiger partial charge in [0.2, 0.25) is 0 Å². The van der Waals surface area contributed by atoms with Crippen molar-refractivity contribution in [2.45, 2.75) is 51.9 Å². The van der Waals surface area contributed by atoms with Crippen molar-refractivity contribution in [2.75, 3.05) is 27.2 Å². The second kappa shape index (κ2) is 9.83. The van der Waals surface area contributed by atoms with Crippen LogP contribution in [-0.4, -0.2) is 42.4 Å². The molecule has 2 rings (SSSR count). The number of phenolic OH excluding ortho intramolecular Hbond substituents is 2. The van der Waals surface area contributed by atoms with Gasteiger partial charge in [0.1, 0.15) is 12.4 Å². The molecule has 0 aromatic heterocycles. The highest BCUT2D eigenvalue weighted by atomic mass is 16.5. The molecule has 0 unspecified atom stereocenters. The first-order valence-corrected chi connectivity index (χ1v) is 10.2. The average Bonchev–Trinajstić information content (AvgIpc) is 2.64. The van der Waals surface area contributed by atoms with E-state index in [4.69, 9.17) is 4.74 Å². The third-order valence-electron chi connectivity index (χ3n) is 5.41. The number of nitrogens with zero attached hydrogens (tertiary/aromatic N) is 1. The van der Waals surface area contributed by atoms with Crippen LogP contribution < -0.4 is 4.74 Å². The summed E-state index contributed by atoms with van der Waals surface area (Å²) in [6, 6.07) is 11.7. The lowest BCUT2D eigenvalue weighted by Gasteiger charge is -2.36. The van der Waals surface area contributed by atoms with E-state index in [-0.39, 0.29) is 16.9 Å². The molecule has 0 aliphatic rings. The van der Waals surface area contributed by atoms with Crippen LogP contribution in [0.5, 0.6) is 17.2 Å². The zero-order valence-corrected chi connectivity index (χ0v) is 18.0. The van der Waals surface area contributed by atoms with Crippen LogP contribution >= 0.6 is 0 Å². The second-order valence-corrected chi connectivity index (χ2v) is 7.92. The van der Waals surface area contributed by atoms with Gasteiger partial charge >= 0.3 is 0 Å². The normalized spacial score (nSPS) is 11.8. The lowest BCUT2D eigenvalue weighted by molar-refractivity contribution is 0.260. The number of rotatable bonds is 10. The van der Waals surface area contributed by atoms with Crippen molar-refractivity contribution in [2.24, 2.45) is 0 Å². The molecule has 4 nitrogen and oxygen atoms in total. The Hall–Kier alpha value is -2.20. The monoisotopic (exact) mass is 385 g/mol. The summed E-state index contributed by atoms with van der Waals surface area (Å²) in [4.78, 5) is 2.11. The molecule has 0 aliphatic heterocycles. The van der Waals surface area contributed by atoms with Crippen molar-refractivity contribution < 1.29 is 14.9 Å². The molecule has 0 amide bonds. The van der Waals surface area contributed by atoms with Gasteiger partial charge in [-0.2, -0.15) is 0 Å². The maximum Gasteiger partial charge on any atom is 0.157 e. The van der Waals surface area contributed by atoms with E-state index in [2.05, 4.69) is 43.9 Å². The summed E-state index contributed by atoms with van der Waals surface area (Å²) in [6.07, 6.45) is 4.01. The third kappa shape index (κ3) is 4.99. The van der Waals surface area contributed by atoms with Gasteiger partial charge in [-0.3, -0.25) is 0 Å². The molecule has 0 spiro atoms. The molecule has 0 bridgehead atoms. The summed E-state index contributed by atoms with van der Waals surface area (Å²) in [7, 11) is 4.08. The molecule has 28 heavy (non-hydrogen) atoms. The van der Waals surface area contributed by atoms with Gasteiger partial charge in [-0.1, -0.05) is 44.9 Å². The van der Waals surface area contributed by atoms with Crippen molar-refractivity contribution in [1.82, 2.24) is 4.90 Å². The molecule has 0 atom stereocenters. The molecule has 0 fully saturated rings. The Bertz CT molecular complexity index is 764. The van der Waals surface area contributed by atoms with Crippen LogP contribution in [0.15, 0.2) is 36.4 Å². The minimum atomic E-state index is -0.193. The summed E-state index contributed by atoms with van der Waals surface area (Å²) in [5, 5.41) is 19.9. The predicted octanol–water partition coefficient (Wildman–Crippen LogP) is 5.23. The van der Waals surface area contributed by atoms with E-state index in [9.17, 15) is 10.2 Å². The molecular weight excluding hydrogens is 350 g/mol. The Kier molecular flexibility index (Phi) is 7.76. The van der Waals surface area contributed by atoms with E-state index in [1.165, 1.54) is 5.56 Å². The molecular formula is C24H35NO3. The lowest BCUT2D eigenvalue weighted by Crippen LogP contribution is -2.28. The van der Waals surface area contributed by atoms with Crippen LogP contribution in [-0.2, 0) is 5.41 Å². The number of ether oxygens (including phenoxy) is 1. The van der Waals surface area contributed by atoms with E-state index in [1.54, 1.807) is 12.1 Å². The smallest absolute Gasteiger partial charge is 0.157 e. The van der Waals surface area contributed by atoms with Gasteiger partial charge in [-0.15, -0.1) is 0 Å². The number of likely N-dealkylation sites (N-methyl/N-ethyl adjacent to an activating group) is 1. The standard InChI is InChI=1S/C24H35NO3/c1-6-12-24(13-7-2,20-8-10-21(26)22(27)17-20)19-9-11-23(18(3)16-19)28-15-14-25(4)5/h8-11,16-17,26-27H,6-7,12-15H2,1-5H3. The summed E-state index contributed by atoms with van der Waals surface area (Å²) in [5.41, 5.74) is 3.21. The molecule has 154 valence electrons. The van der Waals surface area contributed by atoms with E-state index >= 15 is 0 Å². The Labute approximate surface area is 169 Å². The topological polar surface area (TPSA) is 52.9 Å². The first kappa shape index (κ1) is 22.1. The fourth-order valence-electron chi connectivity index (χ4n) is 3.99. The first-order valence-electron chi connectivity index (χ1n) is 10.2. The SMILES string of the molecule is CCCC(CCC)(c1ccc(OCCN(C)C)c(C)c1)c1ccc(O)c(O)c1. The molecule has 0 heterocycles. The first-order chi connectivity index (χ1) is 13.3. The quantitative estimate of drug-likeness (QED) is 0.550. The Morgan fingerprint density at radius 1 is 0.893 bits per heavy atom. The molecule has 2 aromatic rings. The summed E-state index contributed by atoms with van der Waals surface area (Å²) in [6.45, 7) is 8.01. The van der Waals surface area contributed by atoms with Crippen LogP contribution in [0.1, 0.15) is 56.2 Å². The van der Waals surface area contributed by atoms with Gasteiger partial charge in [-0.05, 0) is 68.8 Å². The predicted molar refractivity (Wildman–Crippen MR) is 116 cm³/mol. The molecule has 0 radical (unpaired) electrons. The number of hydrogen-bond donors (Lipinski definition) is 2. The van der Waals surface area contributed by atoms with E-state index in [0.717, 1.165) is 49.1 Å². The Morgan fingerprint density at radius 2 is 1.50 bits per heavy atom. The van der Waals surface area contributed by atoms with Crippen molar-refractivity contribution >= 4 is 0 Å². The van der Waals surface area contributed by atoms with Crippen LogP contribution in [0.3, 0.4) is 0 Å². The van der Waals surface area contributed by atoms with Gasteiger partial charge < -0.3 is 19.8 Å². The average molecular weight is 386 g/mol. The lowest BCUT2D eigenvalue weighted by atomic mass is 9.68. The maximum absolute atomic E-state index is 10.1. The largest absolute Gasteiger partial charge is 0.504 e. The van der Waals surface area contributed by atoms with Gasteiger partial charge in [-0.25, -0.2) is 0 Å². The third-order valence-corrected chi connectivity index (χ3v) is 5.41. The van der Waals surface area contributed by atoms with Gasteiger partial charge in [0.05, 0.1) is 0 Å². The molecule has 2 N–H and O–H groups in total. The van der Waals surface area contributed by atoms with Gasteiger partial charge in [0.15, 0.2) is 11.5 Å². The van der Waals surface area contributed by atoms with Crippen LogP contribution in [0, 0.1) is 6.92 Å². The van der Waals surface area contributed by atoms with Crippen molar-refractivity contribution in [1.29, 1.82) is 0 Å². The fourth-order valence-corrected chi connectivity index (χ4v) is 3.99. The molecule has 4 heteroatoms. The van der Waals surface area contributed by atoms with E-state index < -0.39 is 0 Å². The number of hydrogen-bond acceptors (Lipinski definition) is 4. The highest BCUT2D eigenvalue weighted by Crippen LogP contribution is 2.44. The highest BCUT2D eigenvalue weighted by molar-refractivity contribution is 5.49. The van der Waals surface area contributed by atoms with E-state index in [1.807, 2.05) is 20.2 Å². The second-order valence-electron chi connectivity index (χ2n) is 7.92. The number of benzene rings is 2. The number of aromatic hydroxyl groups is 2. The number of aryl methyl sites for hydroxylation is 1. The summed E-state index contributed by atoms with van der Waals surface area (Å²) >= 11 is 0. The molecule has 0 saturated heterocycles. The van der Waals surface area contributed by atoms with Crippen molar-refractivity contribution in [3.63, 3.8) is 0 Å². The van der Waals surface area contributed by atoms with Gasteiger partial charge in [0, 0.05) is 12.0 Å².